The van der Waals surface area contributed by atoms with E-state index in [2.05, 4.69) is 5.32 Å². The molecule has 1 heterocycles. The zero-order chi connectivity index (χ0) is 22.3. The zero-order valence-corrected chi connectivity index (χ0v) is 18.0. The molecule has 2 amide bonds. The van der Waals surface area contributed by atoms with Crippen molar-refractivity contribution in [2.75, 3.05) is 6.79 Å². The molecule has 0 aliphatic carbocycles. The average molecular weight is 431 g/mol. The standard InChI is InChI=1S/C26H26N2O4/c1-19(26(30)27-16-22-12-13-23-24(14-22)32-18-31-23)28(17-21-10-6-3-7-11-21)25(29)15-20-8-4-2-5-9-20/h2-14,19H,15-18H2,1H3,(H,27,30)/t19-/m0/s1. The molecule has 0 saturated heterocycles. The molecule has 4 rings (SSSR count). The number of fused-ring (bicyclic) bond motifs is 1. The highest BCUT2D eigenvalue weighted by Gasteiger charge is 2.26. The minimum absolute atomic E-state index is 0.0919. The topological polar surface area (TPSA) is 67.9 Å². The third kappa shape index (κ3) is 5.27. The molecule has 0 saturated carbocycles. The molecule has 3 aromatic carbocycles. The molecule has 1 aliphatic rings. The van der Waals surface area contributed by atoms with Gasteiger partial charge in [0.2, 0.25) is 18.6 Å². The summed E-state index contributed by atoms with van der Waals surface area (Å²) >= 11 is 0. The minimum atomic E-state index is -0.625. The van der Waals surface area contributed by atoms with Crippen LogP contribution in [0.5, 0.6) is 11.5 Å². The van der Waals surface area contributed by atoms with Gasteiger partial charge < -0.3 is 19.7 Å². The molecule has 1 N–H and O–H groups in total. The fourth-order valence-corrected chi connectivity index (χ4v) is 3.62. The SMILES string of the molecule is C[C@@H](C(=O)NCc1ccc2c(c1)OCO2)N(Cc1ccccc1)C(=O)Cc1ccccc1. The number of hydrogen-bond acceptors (Lipinski definition) is 4. The van der Waals surface area contributed by atoms with E-state index in [4.69, 9.17) is 9.47 Å². The first kappa shape index (κ1) is 21.4. The maximum Gasteiger partial charge on any atom is 0.242 e. The van der Waals surface area contributed by atoms with E-state index in [0.29, 0.717) is 24.6 Å². The van der Waals surface area contributed by atoms with Gasteiger partial charge in [-0.2, -0.15) is 0 Å². The van der Waals surface area contributed by atoms with Crippen molar-refractivity contribution in [3.05, 3.63) is 95.6 Å². The summed E-state index contributed by atoms with van der Waals surface area (Å²) in [4.78, 5) is 27.8. The Labute approximate surface area is 187 Å². The molecule has 1 atom stereocenters. The van der Waals surface area contributed by atoms with E-state index < -0.39 is 6.04 Å². The molecule has 164 valence electrons. The second kappa shape index (κ2) is 10.0. The summed E-state index contributed by atoms with van der Waals surface area (Å²) in [5.41, 5.74) is 2.80. The van der Waals surface area contributed by atoms with Crippen LogP contribution in [0.2, 0.25) is 0 Å². The van der Waals surface area contributed by atoms with Gasteiger partial charge in [0.05, 0.1) is 6.42 Å². The van der Waals surface area contributed by atoms with Gasteiger partial charge in [0.1, 0.15) is 6.04 Å². The Bertz CT molecular complexity index is 1070. The van der Waals surface area contributed by atoms with Crippen molar-refractivity contribution in [1.82, 2.24) is 10.2 Å². The lowest BCUT2D eigenvalue weighted by Crippen LogP contribution is -2.47. The van der Waals surface area contributed by atoms with Crippen LogP contribution in [-0.4, -0.2) is 29.5 Å². The Morgan fingerprint density at radius 3 is 2.25 bits per heavy atom. The Morgan fingerprint density at radius 2 is 1.53 bits per heavy atom. The smallest absolute Gasteiger partial charge is 0.242 e. The third-order valence-corrected chi connectivity index (χ3v) is 5.46. The van der Waals surface area contributed by atoms with E-state index in [9.17, 15) is 9.59 Å². The predicted octanol–water partition coefficient (Wildman–Crippen LogP) is 3.69. The van der Waals surface area contributed by atoms with E-state index in [1.54, 1.807) is 11.8 Å². The Balaban J connectivity index is 1.44. The molecule has 1 aliphatic heterocycles. The largest absolute Gasteiger partial charge is 0.454 e. The molecule has 0 bridgehead atoms. The van der Waals surface area contributed by atoms with Crippen LogP contribution in [0.25, 0.3) is 0 Å². The Kier molecular flexibility index (Phi) is 6.70. The number of ether oxygens (including phenoxy) is 2. The lowest BCUT2D eigenvalue weighted by molar-refractivity contribution is -0.140. The molecule has 0 aromatic heterocycles. The van der Waals surface area contributed by atoms with Crippen molar-refractivity contribution in [2.45, 2.75) is 32.5 Å². The Morgan fingerprint density at radius 1 is 0.875 bits per heavy atom. The van der Waals surface area contributed by atoms with Gasteiger partial charge in [-0.05, 0) is 35.7 Å². The highest BCUT2D eigenvalue weighted by atomic mass is 16.7. The average Bonchev–Trinajstić information content (AvgIpc) is 3.30. The minimum Gasteiger partial charge on any atom is -0.454 e. The van der Waals surface area contributed by atoms with Crippen molar-refractivity contribution in [2.24, 2.45) is 0 Å². The number of nitrogens with one attached hydrogen (secondary N) is 1. The number of amides is 2. The predicted molar refractivity (Wildman–Crippen MR) is 121 cm³/mol. The third-order valence-electron chi connectivity index (χ3n) is 5.46. The summed E-state index contributed by atoms with van der Waals surface area (Å²) in [5.74, 6) is 1.08. The fourth-order valence-electron chi connectivity index (χ4n) is 3.62. The van der Waals surface area contributed by atoms with Crippen molar-refractivity contribution in [3.8, 4) is 11.5 Å². The second-order valence-corrected chi connectivity index (χ2v) is 7.75. The van der Waals surface area contributed by atoms with E-state index in [0.717, 1.165) is 16.7 Å². The van der Waals surface area contributed by atoms with Gasteiger partial charge in [-0.1, -0.05) is 66.7 Å². The van der Waals surface area contributed by atoms with E-state index in [1.807, 2.05) is 78.9 Å². The van der Waals surface area contributed by atoms with Gasteiger partial charge in [-0.15, -0.1) is 0 Å². The first-order chi connectivity index (χ1) is 15.6. The lowest BCUT2D eigenvalue weighted by atomic mass is 10.1. The fraction of sp³-hybridized carbons (Fsp3) is 0.231. The molecule has 3 aromatic rings. The number of carbonyl (C=O) groups is 2. The van der Waals surface area contributed by atoms with Crippen molar-refractivity contribution >= 4 is 11.8 Å². The van der Waals surface area contributed by atoms with Crippen molar-refractivity contribution in [1.29, 1.82) is 0 Å². The van der Waals surface area contributed by atoms with Gasteiger partial charge in [0, 0.05) is 13.1 Å². The van der Waals surface area contributed by atoms with Gasteiger partial charge >= 0.3 is 0 Å². The second-order valence-electron chi connectivity index (χ2n) is 7.75. The van der Waals surface area contributed by atoms with Crippen LogP contribution in [0.1, 0.15) is 23.6 Å². The molecule has 0 fully saturated rings. The highest BCUT2D eigenvalue weighted by molar-refractivity contribution is 5.88. The van der Waals surface area contributed by atoms with Crippen LogP contribution < -0.4 is 14.8 Å². The molecule has 0 unspecified atom stereocenters. The molecule has 6 nitrogen and oxygen atoms in total. The number of carbonyl (C=O) groups excluding carboxylic acids is 2. The van der Waals surface area contributed by atoms with Crippen molar-refractivity contribution in [3.63, 3.8) is 0 Å². The molecule has 32 heavy (non-hydrogen) atoms. The highest BCUT2D eigenvalue weighted by Crippen LogP contribution is 2.32. The Hall–Kier alpha value is -3.80. The summed E-state index contributed by atoms with van der Waals surface area (Å²) in [6.45, 7) is 2.68. The van der Waals surface area contributed by atoms with Crippen LogP contribution in [-0.2, 0) is 29.1 Å². The lowest BCUT2D eigenvalue weighted by Gasteiger charge is -2.29. The maximum absolute atomic E-state index is 13.2. The van der Waals surface area contributed by atoms with Crippen LogP contribution in [0.15, 0.2) is 78.9 Å². The molecule has 0 radical (unpaired) electrons. The summed E-state index contributed by atoms with van der Waals surface area (Å²) in [5, 5.41) is 2.95. The van der Waals surface area contributed by atoms with E-state index >= 15 is 0 Å². The van der Waals surface area contributed by atoms with Gasteiger partial charge in [0.25, 0.3) is 0 Å². The van der Waals surface area contributed by atoms with Gasteiger partial charge in [-0.3, -0.25) is 9.59 Å². The van der Waals surface area contributed by atoms with Crippen LogP contribution in [0, 0.1) is 0 Å². The van der Waals surface area contributed by atoms with Crippen molar-refractivity contribution < 1.29 is 19.1 Å². The zero-order valence-electron chi connectivity index (χ0n) is 18.0. The number of hydrogen-bond donors (Lipinski definition) is 1. The summed E-state index contributed by atoms with van der Waals surface area (Å²) < 4.78 is 10.7. The van der Waals surface area contributed by atoms with Crippen LogP contribution in [0.4, 0.5) is 0 Å². The van der Waals surface area contributed by atoms with Gasteiger partial charge in [0.15, 0.2) is 11.5 Å². The van der Waals surface area contributed by atoms with Crippen LogP contribution >= 0.6 is 0 Å². The first-order valence-corrected chi connectivity index (χ1v) is 10.6. The molecular weight excluding hydrogens is 404 g/mol. The number of rotatable bonds is 8. The number of benzene rings is 3. The monoisotopic (exact) mass is 430 g/mol. The first-order valence-electron chi connectivity index (χ1n) is 10.6. The summed E-state index contributed by atoms with van der Waals surface area (Å²) in [7, 11) is 0. The van der Waals surface area contributed by atoms with Crippen LogP contribution in [0.3, 0.4) is 0 Å². The maximum atomic E-state index is 13.2. The van der Waals surface area contributed by atoms with E-state index in [1.165, 1.54) is 0 Å². The van der Waals surface area contributed by atoms with Gasteiger partial charge in [-0.25, -0.2) is 0 Å². The summed E-state index contributed by atoms with van der Waals surface area (Å²) in [6, 6.07) is 24.2. The molecule has 0 spiro atoms. The molecular formula is C26H26N2O4. The van der Waals surface area contributed by atoms with E-state index in [-0.39, 0.29) is 25.0 Å². The molecule has 6 heteroatoms. The summed E-state index contributed by atoms with van der Waals surface area (Å²) in [6.07, 6.45) is 0.244. The quantitative estimate of drug-likeness (QED) is 0.592. The number of nitrogens with zero attached hydrogens (tertiary/aromatic N) is 1. The normalized spacial score (nSPS) is 12.8.